The van der Waals surface area contributed by atoms with E-state index in [1.165, 1.54) is 18.4 Å². The molecule has 1 fully saturated rings. The lowest BCUT2D eigenvalue weighted by molar-refractivity contribution is -0.124. The fourth-order valence-corrected chi connectivity index (χ4v) is 4.89. The molecule has 29 heavy (non-hydrogen) atoms. The second kappa shape index (κ2) is 9.02. The highest BCUT2D eigenvalue weighted by atomic mass is 32.1. The standard InChI is InChI=1S/C21H25N5OS2/c1-15(26-19(23-24-21(26)28)18-10-7-13-29-18)20(27)22-14-17(25-11-5-6-12-25)16-8-3-2-4-9-16/h2-4,7-10,13,15,17H,5-6,11-12,14H2,1H3,(H,22,27)(H,24,28). The summed E-state index contributed by atoms with van der Waals surface area (Å²) >= 11 is 6.98. The van der Waals surface area contributed by atoms with Crippen molar-refractivity contribution in [2.45, 2.75) is 31.8 Å². The third kappa shape index (κ3) is 4.34. The van der Waals surface area contributed by atoms with Crippen LogP contribution in [0.2, 0.25) is 0 Å². The van der Waals surface area contributed by atoms with Gasteiger partial charge in [-0.3, -0.25) is 19.4 Å². The van der Waals surface area contributed by atoms with Gasteiger partial charge in [0, 0.05) is 6.54 Å². The largest absolute Gasteiger partial charge is 0.352 e. The summed E-state index contributed by atoms with van der Waals surface area (Å²) in [6.45, 7) is 4.58. The third-order valence-corrected chi connectivity index (χ3v) is 6.60. The molecular formula is C21H25N5OS2. The lowest BCUT2D eigenvalue weighted by Gasteiger charge is -2.28. The predicted molar refractivity (Wildman–Crippen MR) is 118 cm³/mol. The van der Waals surface area contributed by atoms with E-state index in [-0.39, 0.29) is 11.9 Å². The number of nitrogens with one attached hydrogen (secondary N) is 2. The van der Waals surface area contributed by atoms with E-state index in [2.05, 4.69) is 44.7 Å². The number of aromatic nitrogens is 3. The molecule has 3 aromatic rings. The molecule has 2 unspecified atom stereocenters. The molecule has 6 nitrogen and oxygen atoms in total. The van der Waals surface area contributed by atoms with Crippen LogP contribution in [0, 0.1) is 4.77 Å². The fraction of sp³-hybridized carbons (Fsp3) is 0.381. The summed E-state index contributed by atoms with van der Waals surface area (Å²) in [5.74, 6) is 0.646. The van der Waals surface area contributed by atoms with Gasteiger partial charge in [0.1, 0.15) is 6.04 Å². The first kappa shape index (κ1) is 20.0. The van der Waals surface area contributed by atoms with Crippen LogP contribution in [0.5, 0.6) is 0 Å². The van der Waals surface area contributed by atoms with Crippen molar-refractivity contribution in [2.75, 3.05) is 19.6 Å². The molecule has 4 rings (SSSR count). The Labute approximate surface area is 179 Å². The Hall–Kier alpha value is -2.29. The van der Waals surface area contributed by atoms with Crippen LogP contribution in [0.4, 0.5) is 0 Å². The summed E-state index contributed by atoms with van der Waals surface area (Å²) in [5.41, 5.74) is 1.24. The zero-order valence-corrected chi connectivity index (χ0v) is 18.0. The van der Waals surface area contributed by atoms with Crippen molar-refractivity contribution in [1.29, 1.82) is 0 Å². The summed E-state index contributed by atoms with van der Waals surface area (Å²) in [4.78, 5) is 16.5. The van der Waals surface area contributed by atoms with Crippen LogP contribution in [0.1, 0.15) is 37.4 Å². The monoisotopic (exact) mass is 427 g/mol. The SMILES string of the molecule is CC(C(=O)NCC(c1ccccc1)N1CCCC1)n1c(-c2cccs2)n[nH]c1=S. The summed E-state index contributed by atoms with van der Waals surface area (Å²) in [7, 11) is 0. The van der Waals surface area contributed by atoms with Crippen LogP contribution in [-0.2, 0) is 4.79 Å². The average molecular weight is 428 g/mol. The van der Waals surface area contributed by atoms with Gasteiger partial charge >= 0.3 is 0 Å². The molecule has 1 aromatic carbocycles. The molecule has 2 N–H and O–H groups in total. The van der Waals surface area contributed by atoms with E-state index in [1.54, 1.807) is 15.9 Å². The van der Waals surface area contributed by atoms with Crippen molar-refractivity contribution in [1.82, 2.24) is 25.0 Å². The number of nitrogens with zero attached hydrogens (tertiary/aromatic N) is 3. The Morgan fingerprint density at radius 1 is 1.24 bits per heavy atom. The van der Waals surface area contributed by atoms with Crippen molar-refractivity contribution in [3.05, 3.63) is 58.2 Å². The van der Waals surface area contributed by atoms with E-state index in [0.717, 1.165) is 18.0 Å². The Bertz CT molecular complexity index is 990. The zero-order chi connectivity index (χ0) is 20.2. The minimum Gasteiger partial charge on any atom is -0.352 e. The summed E-state index contributed by atoms with van der Waals surface area (Å²) in [6.07, 6.45) is 2.42. The van der Waals surface area contributed by atoms with E-state index < -0.39 is 6.04 Å². The number of amides is 1. The first-order chi connectivity index (χ1) is 14.1. The maximum atomic E-state index is 13.0. The van der Waals surface area contributed by atoms with Crippen LogP contribution in [0.15, 0.2) is 47.8 Å². The number of hydrogen-bond donors (Lipinski definition) is 2. The minimum atomic E-state index is -0.451. The summed E-state index contributed by atoms with van der Waals surface area (Å²) in [6, 6.07) is 14.1. The highest BCUT2D eigenvalue weighted by Crippen LogP contribution is 2.27. The molecule has 2 aromatic heterocycles. The first-order valence-corrected chi connectivity index (χ1v) is 11.2. The van der Waals surface area contributed by atoms with Crippen LogP contribution < -0.4 is 5.32 Å². The molecular weight excluding hydrogens is 402 g/mol. The van der Waals surface area contributed by atoms with Gasteiger partial charge in [0.15, 0.2) is 10.6 Å². The molecule has 0 radical (unpaired) electrons. The number of carbonyl (C=O) groups excluding carboxylic acids is 1. The molecule has 1 saturated heterocycles. The number of thiophene rings is 1. The predicted octanol–water partition coefficient (Wildman–Crippen LogP) is 4.18. The van der Waals surface area contributed by atoms with Gasteiger partial charge in [-0.15, -0.1) is 11.3 Å². The van der Waals surface area contributed by atoms with Crippen LogP contribution in [0.25, 0.3) is 10.7 Å². The number of carbonyl (C=O) groups is 1. The summed E-state index contributed by atoms with van der Waals surface area (Å²) < 4.78 is 2.25. The molecule has 152 valence electrons. The smallest absolute Gasteiger partial charge is 0.243 e. The molecule has 0 spiro atoms. The molecule has 0 saturated carbocycles. The van der Waals surface area contributed by atoms with Crippen molar-refractivity contribution >= 4 is 29.5 Å². The molecule has 0 bridgehead atoms. The Balaban J connectivity index is 1.50. The lowest BCUT2D eigenvalue weighted by Crippen LogP contribution is -2.39. The summed E-state index contributed by atoms with van der Waals surface area (Å²) in [5, 5.41) is 12.3. The second-order valence-corrected chi connectivity index (χ2v) is 8.62. The highest BCUT2D eigenvalue weighted by molar-refractivity contribution is 7.71. The van der Waals surface area contributed by atoms with E-state index in [4.69, 9.17) is 12.2 Å². The van der Waals surface area contributed by atoms with Crippen LogP contribution in [-0.4, -0.2) is 45.2 Å². The molecule has 2 atom stereocenters. The average Bonchev–Trinajstić information content (AvgIpc) is 3.50. The Kier molecular flexibility index (Phi) is 6.22. The van der Waals surface area contributed by atoms with Gasteiger partial charge in [0.2, 0.25) is 5.91 Å². The third-order valence-electron chi connectivity index (χ3n) is 5.45. The van der Waals surface area contributed by atoms with Crippen molar-refractivity contribution in [3.63, 3.8) is 0 Å². The number of aromatic amines is 1. The normalized spacial score (nSPS) is 16.6. The fourth-order valence-electron chi connectivity index (χ4n) is 3.89. The van der Waals surface area contributed by atoms with E-state index >= 15 is 0 Å². The minimum absolute atomic E-state index is 0.0552. The Morgan fingerprint density at radius 2 is 2.00 bits per heavy atom. The first-order valence-electron chi connectivity index (χ1n) is 9.92. The molecule has 1 aliphatic rings. The van der Waals surface area contributed by atoms with E-state index in [9.17, 15) is 4.79 Å². The van der Waals surface area contributed by atoms with Gasteiger partial charge in [-0.05, 0) is 62.1 Å². The molecule has 1 amide bonds. The number of rotatable bonds is 7. The van der Waals surface area contributed by atoms with Crippen molar-refractivity contribution < 1.29 is 4.79 Å². The number of H-pyrrole nitrogens is 1. The maximum absolute atomic E-state index is 13.0. The number of hydrogen-bond acceptors (Lipinski definition) is 5. The van der Waals surface area contributed by atoms with Gasteiger partial charge in [0.25, 0.3) is 0 Å². The quantitative estimate of drug-likeness (QED) is 0.555. The number of likely N-dealkylation sites (tertiary alicyclic amines) is 1. The number of benzene rings is 1. The zero-order valence-electron chi connectivity index (χ0n) is 16.4. The van der Waals surface area contributed by atoms with Crippen LogP contribution in [0.3, 0.4) is 0 Å². The van der Waals surface area contributed by atoms with Gasteiger partial charge in [-0.2, -0.15) is 5.10 Å². The van der Waals surface area contributed by atoms with Crippen molar-refractivity contribution in [3.8, 4) is 10.7 Å². The highest BCUT2D eigenvalue weighted by Gasteiger charge is 2.26. The van der Waals surface area contributed by atoms with Crippen LogP contribution >= 0.6 is 23.6 Å². The van der Waals surface area contributed by atoms with Gasteiger partial charge in [-0.1, -0.05) is 36.4 Å². The van der Waals surface area contributed by atoms with Gasteiger partial charge in [0.05, 0.1) is 10.9 Å². The lowest BCUT2D eigenvalue weighted by atomic mass is 10.1. The molecule has 3 heterocycles. The van der Waals surface area contributed by atoms with E-state index in [0.29, 0.717) is 17.1 Å². The van der Waals surface area contributed by atoms with Gasteiger partial charge in [-0.25, -0.2) is 0 Å². The van der Waals surface area contributed by atoms with Crippen molar-refractivity contribution in [2.24, 2.45) is 0 Å². The molecule has 1 aliphatic heterocycles. The van der Waals surface area contributed by atoms with E-state index in [1.807, 2.05) is 30.5 Å². The second-order valence-electron chi connectivity index (χ2n) is 7.29. The topological polar surface area (TPSA) is 66.0 Å². The molecule has 0 aliphatic carbocycles. The Morgan fingerprint density at radius 3 is 2.69 bits per heavy atom. The van der Waals surface area contributed by atoms with Gasteiger partial charge < -0.3 is 5.32 Å². The maximum Gasteiger partial charge on any atom is 0.243 e. The molecule has 8 heteroatoms.